The molecule has 3 rings (SSSR count). The van der Waals surface area contributed by atoms with Crippen molar-refractivity contribution in [3.05, 3.63) is 27.7 Å². The van der Waals surface area contributed by atoms with Crippen LogP contribution in [-0.4, -0.2) is 54.5 Å². The van der Waals surface area contributed by atoms with E-state index in [0.29, 0.717) is 0 Å². The van der Waals surface area contributed by atoms with Crippen LogP contribution in [-0.2, 0) is 13.0 Å². The maximum absolute atomic E-state index is 5.82. The summed E-state index contributed by atoms with van der Waals surface area (Å²) >= 11 is 7.14. The topological polar surface area (TPSA) is 15.7 Å². The Kier molecular flexibility index (Phi) is 5.02. The number of hydrogen-bond acceptors (Lipinski definition) is 3. The minimum atomic E-state index is 0.831. The summed E-state index contributed by atoms with van der Waals surface area (Å²) < 4.78 is 7.00. The Balaban J connectivity index is 1.64. The van der Waals surface area contributed by atoms with Gasteiger partial charge in [-0.2, -0.15) is 0 Å². The Morgan fingerprint density at radius 3 is 2.60 bits per heavy atom. The van der Waals surface area contributed by atoms with Crippen LogP contribution in [0.3, 0.4) is 0 Å². The third kappa shape index (κ3) is 3.38. The molecule has 5 heteroatoms. The Bertz CT molecular complexity index is 473. The van der Waals surface area contributed by atoms with E-state index in [4.69, 9.17) is 4.74 Å². The predicted molar refractivity (Wildman–Crippen MR) is 88.9 cm³/mol. The highest BCUT2D eigenvalue weighted by Crippen LogP contribution is 2.33. The zero-order valence-corrected chi connectivity index (χ0v) is 14.7. The van der Waals surface area contributed by atoms with Gasteiger partial charge in [0.25, 0.3) is 0 Å². The molecule has 1 saturated heterocycles. The van der Waals surface area contributed by atoms with Crippen LogP contribution in [0.15, 0.2) is 16.6 Å². The predicted octanol–water partition coefficient (Wildman–Crippen LogP) is 2.90. The third-order valence-corrected chi connectivity index (χ3v) is 4.90. The Labute approximate surface area is 137 Å². The van der Waals surface area contributed by atoms with Crippen molar-refractivity contribution >= 4 is 31.9 Å². The summed E-state index contributed by atoms with van der Waals surface area (Å²) in [6, 6.07) is 4.41. The van der Waals surface area contributed by atoms with E-state index < -0.39 is 0 Å². The average Bonchev–Trinajstić information content (AvgIpc) is 2.89. The van der Waals surface area contributed by atoms with Crippen LogP contribution in [0.25, 0.3) is 0 Å². The fourth-order valence-electron chi connectivity index (χ4n) is 2.99. The molecule has 110 valence electrons. The van der Waals surface area contributed by atoms with Gasteiger partial charge in [-0.15, -0.1) is 0 Å². The van der Waals surface area contributed by atoms with E-state index in [2.05, 4.69) is 53.8 Å². The molecule has 3 nitrogen and oxygen atoms in total. The van der Waals surface area contributed by atoms with Crippen molar-refractivity contribution in [3.63, 3.8) is 0 Å². The molecule has 0 spiro atoms. The maximum Gasteiger partial charge on any atom is 0.127 e. The van der Waals surface area contributed by atoms with Gasteiger partial charge in [0.15, 0.2) is 0 Å². The van der Waals surface area contributed by atoms with E-state index >= 15 is 0 Å². The zero-order valence-electron chi connectivity index (χ0n) is 11.6. The standard InChI is InChI=1S/C15H20Br2N2O/c16-2-3-18-4-6-19(7-5-18)11-13-10-14(17)9-12-1-8-20-15(12)13/h9-10H,1-8,11H2. The molecule has 0 aromatic heterocycles. The van der Waals surface area contributed by atoms with Crippen LogP contribution in [0.4, 0.5) is 0 Å². The van der Waals surface area contributed by atoms with Crippen LogP contribution in [0.5, 0.6) is 5.75 Å². The number of nitrogens with zero attached hydrogens (tertiary/aromatic N) is 2. The van der Waals surface area contributed by atoms with Crippen LogP contribution in [0.1, 0.15) is 11.1 Å². The number of benzene rings is 1. The van der Waals surface area contributed by atoms with Gasteiger partial charge in [0.2, 0.25) is 0 Å². The molecule has 0 unspecified atom stereocenters. The smallest absolute Gasteiger partial charge is 0.127 e. The van der Waals surface area contributed by atoms with Crippen molar-refractivity contribution in [1.82, 2.24) is 9.80 Å². The second-order valence-electron chi connectivity index (χ2n) is 5.46. The zero-order chi connectivity index (χ0) is 13.9. The quantitative estimate of drug-likeness (QED) is 0.719. The lowest BCUT2D eigenvalue weighted by Gasteiger charge is -2.34. The molecule has 2 aliphatic heterocycles. The Hall–Kier alpha value is -0.100. The fourth-order valence-corrected chi connectivity index (χ4v) is 4.05. The summed E-state index contributed by atoms with van der Waals surface area (Å²) in [6.07, 6.45) is 1.04. The number of piperazine rings is 1. The van der Waals surface area contributed by atoms with Crippen molar-refractivity contribution in [2.45, 2.75) is 13.0 Å². The summed E-state index contributed by atoms with van der Waals surface area (Å²) in [5.41, 5.74) is 2.69. The molecule has 20 heavy (non-hydrogen) atoms. The first kappa shape index (κ1) is 14.8. The van der Waals surface area contributed by atoms with Crippen molar-refractivity contribution in [3.8, 4) is 5.75 Å². The highest BCUT2D eigenvalue weighted by molar-refractivity contribution is 9.10. The van der Waals surface area contributed by atoms with Crippen LogP contribution >= 0.6 is 31.9 Å². The molecule has 2 aliphatic rings. The van der Waals surface area contributed by atoms with Crippen molar-refractivity contribution < 1.29 is 4.74 Å². The van der Waals surface area contributed by atoms with Crippen LogP contribution in [0.2, 0.25) is 0 Å². The first-order valence-electron chi connectivity index (χ1n) is 7.21. The molecule has 1 fully saturated rings. The molecule has 0 radical (unpaired) electrons. The number of rotatable bonds is 4. The second kappa shape index (κ2) is 6.77. The van der Waals surface area contributed by atoms with E-state index in [1.165, 1.54) is 28.7 Å². The summed E-state index contributed by atoms with van der Waals surface area (Å²) in [5.74, 6) is 1.14. The highest BCUT2D eigenvalue weighted by Gasteiger charge is 2.21. The number of ether oxygens (including phenoxy) is 1. The van der Waals surface area contributed by atoms with Gasteiger partial charge >= 0.3 is 0 Å². The molecule has 1 aromatic rings. The first-order chi connectivity index (χ1) is 9.76. The lowest BCUT2D eigenvalue weighted by Crippen LogP contribution is -2.46. The van der Waals surface area contributed by atoms with Gasteiger partial charge in [0.05, 0.1) is 6.61 Å². The van der Waals surface area contributed by atoms with Gasteiger partial charge in [0.1, 0.15) is 5.75 Å². The monoisotopic (exact) mass is 402 g/mol. The van der Waals surface area contributed by atoms with E-state index in [0.717, 1.165) is 50.3 Å². The Morgan fingerprint density at radius 1 is 1.10 bits per heavy atom. The van der Waals surface area contributed by atoms with Gasteiger partial charge < -0.3 is 4.74 Å². The molecule has 0 saturated carbocycles. The average molecular weight is 404 g/mol. The fraction of sp³-hybridized carbons (Fsp3) is 0.600. The largest absolute Gasteiger partial charge is 0.493 e. The molecule has 0 bridgehead atoms. The summed E-state index contributed by atoms with van der Waals surface area (Å²) in [5, 5.41) is 1.07. The first-order valence-corrected chi connectivity index (χ1v) is 9.12. The maximum atomic E-state index is 5.82. The molecular formula is C15H20Br2N2O. The van der Waals surface area contributed by atoms with Gasteiger partial charge in [-0.05, 0) is 17.7 Å². The second-order valence-corrected chi connectivity index (χ2v) is 7.17. The SMILES string of the molecule is BrCCN1CCN(Cc2cc(Br)cc3c2OCC3)CC1. The normalized spacial score (nSPS) is 19.9. The third-order valence-electron chi connectivity index (χ3n) is 4.08. The van der Waals surface area contributed by atoms with E-state index in [-0.39, 0.29) is 0 Å². The van der Waals surface area contributed by atoms with Gasteiger partial charge in [-0.1, -0.05) is 31.9 Å². The highest BCUT2D eigenvalue weighted by atomic mass is 79.9. The van der Waals surface area contributed by atoms with Gasteiger partial charge in [-0.25, -0.2) is 0 Å². The summed E-state index contributed by atoms with van der Waals surface area (Å²) in [6.45, 7) is 7.62. The van der Waals surface area contributed by atoms with Gasteiger partial charge in [0, 0.05) is 61.1 Å². The molecule has 0 aliphatic carbocycles. The molecular weight excluding hydrogens is 384 g/mol. The molecule has 0 atom stereocenters. The van der Waals surface area contributed by atoms with E-state index in [1.54, 1.807) is 0 Å². The molecule has 0 amide bonds. The minimum absolute atomic E-state index is 0.831. The molecule has 2 heterocycles. The van der Waals surface area contributed by atoms with E-state index in [9.17, 15) is 0 Å². The van der Waals surface area contributed by atoms with Crippen LogP contribution < -0.4 is 4.74 Å². The van der Waals surface area contributed by atoms with Crippen LogP contribution in [0, 0.1) is 0 Å². The number of fused-ring (bicyclic) bond motifs is 1. The minimum Gasteiger partial charge on any atom is -0.493 e. The summed E-state index contributed by atoms with van der Waals surface area (Å²) in [4.78, 5) is 5.06. The number of halogens is 2. The lowest BCUT2D eigenvalue weighted by molar-refractivity contribution is 0.132. The van der Waals surface area contributed by atoms with Crippen molar-refractivity contribution in [2.24, 2.45) is 0 Å². The van der Waals surface area contributed by atoms with Crippen molar-refractivity contribution in [2.75, 3.05) is 44.7 Å². The molecule has 0 N–H and O–H groups in total. The summed E-state index contributed by atoms with van der Waals surface area (Å²) in [7, 11) is 0. The lowest BCUT2D eigenvalue weighted by atomic mass is 10.1. The number of alkyl halides is 1. The van der Waals surface area contributed by atoms with Gasteiger partial charge in [-0.3, -0.25) is 9.80 Å². The van der Waals surface area contributed by atoms with Crippen molar-refractivity contribution in [1.29, 1.82) is 0 Å². The van der Waals surface area contributed by atoms with E-state index in [1.807, 2.05) is 0 Å². The molecule has 1 aromatic carbocycles. The Morgan fingerprint density at radius 2 is 1.85 bits per heavy atom. The number of hydrogen-bond donors (Lipinski definition) is 0.